The van der Waals surface area contributed by atoms with Gasteiger partial charge in [0.1, 0.15) is 12.1 Å². The van der Waals surface area contributed by atoms with Crippen LogP contribution in [0.2, 0.25) is 0 Å². The third-order valence-electron chi connectivity index (χ3n) is 4.98. The minimum Gasteiger partial charge on any atom is -0.481 e. The number of methoxy groups -OCH3 is 1. The van der Waals surface area contributed by atoms with Gasteiger partial charge in [-0.1, -0.05) is 30.3 Å². The van der Waals surface area contributed by atoms with E-state index in [-0.39, 0.29) is 17.0 Å². The molecule has 1 N–H and O–H groups in total. The van der Waals surface area contributed by atoms with Gasteiger partial charge >= 0.3 is 0 Å². The topological polar surface area (TPSA) is 102 Å². The predicted molar refractivity (Wildman–Crippen MR) is 107 cm³/mol. The maximum Gasteiger partial charge on any atom is 0.262 e. The van der Waals surface area contributed by atoms with Crippen molar-refractivity contribution in [1.29, 1.82) is 0 Å². The van der Waals surface area contributed by atoms with E-state index in [1.54, 1.807) is 17.7 Å². The summed E-state index contributed by atoms with van der Waals surface area (Å²) in [6.45, 7) is 0.646. The molecular formula is C19H22N6O3S. The summed E-state index contributed by atoms with van der Waals surface area (Å²) < 4.78 is 34.5. The lowest BCUT2D eigenvalue weighted by Gasteiger charge is -2.20. The van der Waals surface area contributed by atoms with Crippen molar-refractivity contribution < 1.29 is 13.2 Å². The summed E-state index contributed by atoms with van der Waals surface area (Å²) in [5.41, 5.74) is 1.06. The van der Waals surface area contributed by atoms with E-state index in [9.17, 15) is 8.42 Å². The van der Waals surface area contributed by atoms with Gasteiger partial charge in [-0.25, -0.2) is 23.4 Å². The molecule has 9 nitrogen and oxygen atoms in total. The minimum atomic E-state index is -3.69. The smallest absolute Gasteiger partial charge is 0.262 e. The van der Waals surface area contributed by atoms with E-state index in [1.165, 1.54) is 30.3 Å². The SMILES string of the molecule is COc1cc(N[C@H]2CN(S(=O)(=O)c3cn(C)cn3)C[C@@H]2c2ccccc2)ncn1. The number of nitrogens with one attached hydrogen (secondary N) is 1. The second-order valence-corrected chi connectivity index (χ2v) is 8.80. The molecule has 0 saturated carbocycles. The van der Waals surface area contributed by atoms with E-state index < -0.39 is 10.0 Å². The predicted octanol–water partition coefficient (Wildman–Crippen LogP) is 1.49. The number of benzene rings is 1. The number of imidazole rings is 1. The van der Waals surface area contributed by atoms with E-state index in [0.29, 0.717) is 24.8 Å². The van der Waals surface area contributed by atoms with Gasteiger partial charge in [-0.2, -0.15) is 4.31 Å². The summed E-state index contributed by atoms with van der Waals surface area (Å²) in [6.07, 6.45) is 4.42. The van der Waals surface area contributed by atoms with Gasteiger partial charge in [0.2, 0.25) is 5.88 Å². The maximum atomic E-state index is 13.1. The molecule has 1 fully saturated rings. The number of rotatable bonds is 6. The number of ether oxygens (including phenoxy) is 1. The summed E-state index contributed by atoms with van der Waals surface area (Å²) >= 11 is 0. The van der Waals surface area contributed by atoms with Gasteiger partial charge in [0.15, 0.2) is 5.03 Å². The lowest BCUT2D eigenvalue weighted by Crippen LogP contribution is -2.32. The van der Waals surface area contributed by atoms with Gasteiger partial charge in [0.05, 0.1) is 13.4 Å². The first kappa shape index (κ1) is 19.3. The molecule has 0 spiro atoms. The highest BCUT2D eigenvalue weighted by Gasteiger charge is 2.41. The lowest BCUT2D eigenvalue weighted by molar-refractivity contribution is 0.397. The normalized spacial score (nSPS) is 19.9. The Morgan fingerprint density at radius 2 is 1.93 bits per heavy atom. The standard InChI is InChI=1S/C19H22N6O3S/c1-24-11-19(22-13-24)29(26,27)25-9-15(14-6-4-3-5-7-14)16(10-25)23-17-8-18(28-2)21-12-20-17/h3-8,11-13,15-16H,9-10H2,1-2H3,(H,20,21,23)/t15-,16+/m1/s1. The first-order chi connectivity index (χ1) is 14.0. The molecule has 4 rings (SSSR count). The van der Waals surface area contributed by atoms with E-state index >= 15 is 0 Å². The van der Waals surface area contributed by atoms with Crippen molar-refractivity contribution in [2.75, 3.05) is 25.5 Å². The van der Waals surface area contributed by atoms with Crippen LogP contribution in [-0.4, -0.2) is 58.5 Å². The second-order valence-electron chi connectivity index (χ2n) is 6.91. The summed E-state index contributed by atoms with van der Waals surface area (Å²) in [5.74, 6) is 0.977. The molecule has 10 heteroatoms. The van der Waals surface area contributed by atoms with Gasteiger partial charge in [-0.05, 0) is 5.56 Å². The van der Waals surface area contributed by atoms with Crippen LogP contribution in [0.1, 0.15) is 11.5 Å². The first-order valence-corrected chi connectivity index (χ1v) is 10.6. The van der Waals surface area contributed by atoms with Crippen LogP contribution >= 0.6 is 0 Å². The third kappa shape index (κ3) is 3.94. The van der Waals surface area contributed by atoms with E-state index in [4.69, 9.17) is 4.74 Å². The van der Waals surface area contributed by atoms with Gasteiger partial charge < -0.3 is 14.6 Å². The number of aromatic nitrogens is 4. The summed E-state index contributed by atoms with van der Waals surface area (Å²) in [5, 5.41) is 3.41. The zero-order valence-corrected chi connectivity index (χ0v) is 17.0. The molecule has 152 valence electrons. The van der Waals surface area contributed by atoms with E-state index in [2.05, 4.69) is 20.3 Å². The zero-order chi connectivity index (χ0) is 20.4. The summed E-state index contributed by atoms with van der Waals surface area (Å²) in [7, 11) is -0.410. The second kappa shape index (κ2) is 7.80. The molecule has 0 radical (unpaired) electrons. The summed E-state index contributed by atoms with van der Waals surface area (Å²) in [6, 6.07) is 11.4. The van der Waals surface area contributed by atoms with Crippen molar-refractivity contribution in [3.05, 3.63) is 60.8 Å². The van der Waals surface area contributed by atoms with Crippen molar-refractivity contribution in [3.63, 3.8) is 0 Å². The molecular weight excluding hydrogens is 392 g/mol. The average molecular weight is 414 g/mol. The Morgan fingerprint density at radius 1 is 1.14 bits per heavy atom. The van der Waals surface area contributed by atoms with Crippen molar-refractivity contribution >= 4 is 15.8 Å². The molecule has 29 heavy (non-hydrogen) atoms. The highest BCUT2D eigenvalue weighted by molar-refractivity contribution is 7.89. The molecule has 1 aliphatic heterocycles. The van der Waals surface area contributed by atoms with Gasteiger partial charge in [0, 0.05) is 44.4 Å². The van der Waals surface area contributed by atoms with Crippen molar-refractivity contribution in [3.8, 4) is 5.88 Å². The van der Waals surface area contributed by atoms with Crippen molar-refractivity contribution in [2.45, 2.75) is 17.0 Å². The van der Waals surface area contributed by atoms with Gasteiger partial charge in [-0.15, -0.1) is 0 Å². The number of sulfonamides is 1. The van der Waals surface area contributed by atoms with E-state index in [1.807, 2.05) is 30.3 Å². The Hall–Kier alpha value is -2.98. The van der Waals surface area contributed by atoms with Gasteiger partial charge in [-0.3, -0.25) is 0 Å². The molecule has 1 aliphatic rings. The van der Waals surface area contributed by atoms with Crippen LogP contribution < -0.4 is 10.1 Å². The fourth-order valence-electron chi connectivity index (χ4n) is 3.52. The van der Waals surface area contributed by atoms with Crippen LogP contribution in [0.15, 0.2) is 60.3 Å². The van der Waals surface area contributed by atoms with Crippen molar-refractivity contribution in [1.82, 2.24) is 23.8 Å². The quantitative estimate of drug-likeness (QED) is 0.652. The van der Waals surface area contributed by atoms with Crippen LogP contribution in [0.5, 0.6) is 5.88 Å². The fraction of sp³-hybridized carbons (Fsp3) is 0.316. The molecule has 1 aromatic carbocycles. The molecule has 2 atom stereocenters. The highest BCUT2D eigenvalue weighted by Crippen LogP contribution is 2.33. The molecule has 3 heterocycles. The number of hydrogen-bond donors (Lipinski definition) is 1. The lowest BCUT2D eigenvalue weighted by atomic mass is 9.94. The Morgan fingerprint density at radius 3 is 2.62 bits per heavy atom. The van der Waals surface area contributed by atoms with Crippen molar-refractivity contribution in [2.24, 2.45) is 7.05 Å². The molecule has 3 aromatic rings. The van der Waals surface area contributed by atoms with Crippen LogP contribution in [0, 0.1) is 0 Å². The minimum absolute atomic E-state index is 0.0457. The third-order valence-corrected chi connectivity index (χ3v) is 6.70. The van der Waals surface area contributed by atoms with E-state index in [0.717, 1.165) is 5.56 Å². The maximum absolute atomic E-state index is 13.1. The Balaban J connectivity index is 1.64. The number of aryl methyl sites for hydroxylation is 1. The Labute approximate surface area is 169 Å². The number of nitrogens with zero attached hydrogens (tertiary/aromatic N) is 5. The van der Waals surface area contributed by atoms with Crippen LogP contribution in [0.25, 0.3) is 0 Å². The molecule has 2 aromatic heterocycles. The average Bonchev–Trinajstić information content (AvgIpc) is 3.36. The fourth-order valence-corrected chi connectivity index (χ4v) is 4.98. The van der Waals surface area contributed by atoms with Gasteiger partial charge in [0.25, 0.3) is 10.0 Å². The number of anilines is 1. The largest absolute Gasteiger partial charge is 0.481 e. The summed E-state index contributed by atoms with van der Waals surface area (Å²) in [4.78, 5) is 12.3. The monoisotopic (exact) mass is 414 g/mol. The Kier molecular flexibility index (Phi) is 5.20. The molecule has 0 aliphatic carbocycles. The molecule has 1 saturated heterocycles. The molecule has 0 bridgehead atoms. The number of hydrogen-bond acceptors (Lipinski definition) is 7. The Bertz CT molecular complexity index is 1090. The van der Waals surface area contributed by atoms with Crippen LogP contribution in [-0.2, 0) is 17.1 Å². The van der Waals surface area contributed by atoms with Crippen LogP contribution in [0.4, 0.5) is 5.82 Å². The molecule has 0 unspecified atom stereocenters. The zero-order valence-electron chi connectivity index (χ0n) is 16.1. The molecule has 0 amide bonds. The first-order valence-electron chi connectivity index (χ1n) is 9.13. The highest BCUT2D eigenvalue weighted by atomic mass is 32.2. The van der Waals surface area contributed by atoms with Crippen LogP contribution in [0.3, 0.4) is 0 Å².